The molecule has 0 saturated heterocycles. The minimum atomic E-state index is -0.185. The number of anilines is 1. The molecule has 2 amide bonds. The van der Waals surface area contributed by atoms with Crippen molar-refractivity contribution in [1.29, 1.82) is 0 Å². The number of rotatable bonds is 7. The van der Waals surface area contributed by atoms with E-state index in [0.717, 1.165) is 17.7 Å². The molecule has 0 aromatic heterocycles. The topological polar surface area (TPSA) is 87.5 Å². The van der Waals surface area contributed by atoms with E-state index < -0.39 is 0 Å². The second-order valence-electron chi connectivity index (χ2n) is 6.52. The highest BCUT2D eigenvalue weighted by molar-refractivity contribution is 5.96. The van der Waals surface area contributed by atoms with E-state index in [1.807, 2.05) is 44.1 Å². The van der Waals surface area contributed by atoms with Crippen molar-refractivity contribution in [3.05, 3.63) is 64.7 Å². The highest BCUT2D eigenvalue weighted by atomic mass is 35.5. The molecular weight excluding hydrogens is 399 g/mol. The highest BCUT2D eigenvalue weighted by Gasteiger charge is 2.10. The number of nitrogen functional groups attached to an aromatic ring is 1. The van der Waals surface area contributed by atoms with Gasteiger partial charge in [-0.2, -0.15) is 0 Å². The molecule has 0 heterocycles. The molecule has 0 bridgehead atoms. The molecule has 0 atom stereocenters. The first-order chi connectivity index (χ1) is 12.4. The zero-order chi connectivity index (χ0) is 19.1. The van der Waals surface area contributed by atoms with Gasteiger partial charge >= 0.3 is 0 Å². The molecule has 2 aromatic rings. The normalized spacial score (nSPS) is 9.86. The van der Waals surface area contributed by atoms with Crippen molar-refractivity contribution in [3.63, 3.8) is 0 Å². The Morgan fingerprint density at radius 1 is 1.00 bits per heavy atom. The first-order valence-electron chi connectivity index (χ1n) is 8.53. The number of nitrogens with zero attached hydrogens (tertiary/aromatic N) is 1. The van der Waals surface area contributed by atoms with Crippen molar-refractivity contribution in [1.82, 2.24) is 15.5 Å². The van der Waals surface area contributed by atoms with E-state index in [1.54, 1.807) is 24.3 Å². The molecule has 2 rings (SSSR count). The number of nitrogens with one attached hydrogen (secondary N) is 2. The Kier molecular flexibility index (Phi) is 11.2. The third-order valence-corrected chi connectivity index (χ3v) is 3.99. The summed E-state index contributed by atoms with van der Waals surface area (Å²) in [5.41, 5.74) is 9.17. The number of amides is 2. The minimum Gasteiger partial charge on any atom is -0.399 e. The molecule has 2 aromatic carbocycles. The Bertz CT molecular complexity index is 798. The lowest BCUT2D eigenvalue weighted by atomic mass is 10.1. The van der Waals surface area contributed by atoms with Crippen molar-refractivity contribution in [2.24, 2.45) is 0 Å². The fourth-order valence-electron chi connectivity index (χ4n) is 2.48. The molecule has 0 aliphatic heterocycles. The number of hydrogen-bond donors (Lipinski definition) is 3. The maximum Gasteiger partial charge on any atom is 0.251 e. The van der Waals surface area contributed by atoms with Gasteiger partial charge in [0.15, 0.2) is 0 Å². The molecule has 0 spiro atoms. The number of hydrogen-bond acceptors (Lipinski definition) is 4. The zero-order valence-electron chi connectivity index (χ0n) is 16.3. The van der Waals surface area contributed by atoms with Crippen molar-refractivity contribution in [2.75, 3.05) is 32.9 Å². The summed E-state index contributed by atoms with van der Waals surface area (Å²) in [5, 5.41) is 5.75. The van der Waals surface area contributed by atoms with Crippen molar-refractivity contribution in [3.8, 4) is 0 Å². The van der Waals surface area contributed by atoms with Gasteiger partial charge in [0.1, 0.15) is 0 Å². The summed E-state index contributed by atoms with van der Waals surface area (Å²) >= 11 is 0. The van der Waals surface area contributed by atoms with Gasteiger partial charge in [-0.15, -0.1) is 24.8 Å². The van der Waals surface area contributed by atoms with Crippen LogP contribution in [0.25, 0.3) is 0 Å². The van der Waals surface area contributed by atoms with Gasteiger partial charge in [-0.1, -0.05) is 18.2 Å². The van der Waals surface area contributed by atoms with Crippen molar-refractivity contribution in [2.45, 2.75) is 13.5 Å². The molecule has 0 saturated carbocycles. The van der Waals surface area contributed by atoms with Crippen LogP contribution in [0.3, 0.4) is 0 Å². The summed E-state index contributed by atoms with van der Waals surface area (Å²) in [7, 11) is 3.91. The molecule has 6 nitrogen and oxygen atoms in total. The fraction of sp³-hybridized carbons (Fsp3) is 0.300. The summed E-state index contributed by atoms with van der Waals surface area (Å²) in [6, 6.07) is 12.5. The lowest BCUT2D eigenvalue weighted by Crippen LogP contribution is -2.31. The van der Waals surface area contributed by atoms with E-state index in [-0.39, 0.29) is 36.6 Å². The number of carbonyl (C=O) groups excluding carboxylic acids is 2. The standard InChI is InChI=1S/C20H26N4O2.2ClH/c1-14-7-8-17(21)12-18(14)20(26)23-13-15-5-4-6-16(11-15)19(25)22-9-10-24(2)3;;/h4-8,11-12H,9-10,13,21H2,1-3H3,(H,22,25)(H,23,26);2*1H. The van der Waals surface area contributed by atoms with Gasteiger partial charge in [-0.3, -0.25) is 9.59 Å². The molecule has 4 N–H and O–H groups in total. The Balaban J connectivity index is 0.00000364. The number of benzene rings is 2. The zero-order valence-corrected chi connectivity index (χ0v) is 18.0. The second-order valence-corrected chi connectivity index (χ2v) is 6.52. The lowest BCUT2D eigenvalue weighted by molar-refractivity contribution is 0.0944. The number of nitrogens with two attached hydrogens (primary N) is 1. The number of likely N-dealkylation sites (N-methyl/N-ethyl adjacent to an activating group) is 1. The van der Waals surface area contributed by atoms with Crippen LogP contribution in [0.15, 0.2) is 42.5 Å². The first kappa shape index (κ1) is 25.7. The molecule has 0 aliphatic carbocycles. The van der Waals surface area contributed by atoms with Crippen molar-refractivity contribution < 1.29 is 9.59 Å². The Morgan fingerprint density at radius 3 is 2.39 bits per heavy atom. The van der Waals surface area contributed by atoms with E-state index in [0.29, 0.717) is 29.9 Å². The summed E-state index contributed by atoms with van der Waals surface area (Å²) in [5.74, 6) is -0.303. The maximum atomic E-state index is 12.4. The molecule has 154 valence electrons. The van der Waals surface area contributed by atoms with Gasteiger partial charge in [-0.05, 0) is 56.4 Å². The maximum absolute atomic E-state index is 12.4. The van der Waals surface area contributed by atoms with E-state index in [2.05, 4.69) is 10.6 Å². The summed E-state index contributed by atoms with van der Waals surface area (Å²) in [6.07, 6.45) is 0. The van der Waals surface area contributed by atoms with Crippen LogP contribution in [-0.2, 0) is 6.54 Å². The predicted octanol–water partition coefficient (Wildman–Crippen LogP) is 2.64. The third-order valence-electron chi connectivity index (χ3n) is 3.99. The number of carbonyl (C=O) groups is 2. The van der Waals surface area contributed by atoms with Crippen LogP contribution >= 0.6 is 24.8 Å². The van der Waals surface area contributed by atoms with E-state index in [1.165, 1.54) is 0 Å². The quantitative estimate of drug-likeness (QED) is 0.593. The highest BCUT2D eigenvalue weighted by Crippen LogP contribution is 2.13. The van der Waals surface area contributed by atoms with E-state index in [9.17, 15) is 9.59 Å². The van der Waals surface area contributed by atoms with E-state index >= 15 is 0 Å². The second kappa shape index (κ2) is 12.2. The minimum absolute atomic E-state index is 0. The molecule has 8 heteroatoms. The van der Waals surface area contributed by atoms with Crippen molar-refractivity contribution >= 4 is 42.3 Å². The molecule has 0 unspecified atom stereocenters. The SMILES string of the molecule is Cc1ccc(N)cc1C(=O)NCc1cccc(C(=O)NCCN(C)C)c1.Cl.Cl. The number of halogens is 2. The van der Waals surface area contributed by atoms with Crippen LogP contribution in [0.5, 0.6) is 0 Å². The fourth-order valence-corrected chi connectivity index (χ4v) is 2.48. The summed E-state index contributed by atoms with van der Waals surface area (Å²) in [4.78, 5) is 26.6. The molecular formula is C20H28Cl2N4O2. The molecule has 0 radical (unpaired) electrons. The largest absolute Gasteiger partial charge is 0.399 e. The van der Waals surface area contributed by atoms with Crippen LogP contribution < -0.4 is 16.4 Å². The van der Waals surface area contributed by atoms with Crippen LogP contribution in [0.2, 0.25) is 0 Å². The monoisotopic (exact) mass is 426 g/mol. The van der Waals surface area contributed by atoms with Gasteiger partial charge in [0.2, 0.25) is 0 Å². The Labute approximate surface area is 178 Å². The van der Waals surface area contributed by atoms with Gasteiger partial charge in [0, 0.05) is 36.4 Å². The summed E-state index contributed by atoms with van der Waals surface area (Å²) in [6.45, 7) is 3.57. The van der Waals surface area contributed by atoms with Gasteiger partial charge in [0.05, 0.1) is 0 Å². The lowest BCUT2D eigenvalue weighted by Gasteiger charge is -2.11. The molecule has 0 fully saturated rings. The summed E-state index contributed by atoms with van der Waals surface area (Å²) < 4.78 is 0. The van der Waals surface area contributed by atoms with Crippen LogP contribution in [0.1, 0.15) is 31.8 Å². The van der Waals surface area contributed by atoms with Crippen LogP contribution in [0, 0.1) is 6.92 Å². The third kappa shape index (κ3) is 7.76. The van der Waals surface area contributed by atoms with E-state index in [4.69, 9.17) is 5.73 Å². The first-order valence-corrected chi connectivity index (χ1v) is 8.53. The molecule has 28 heavy (non-hydrogen) atoms. The average molecular weight is 427 g/mol. The Morgan fingerprint density at radius 2 is 1.71 bits per heavy atom. The Hall–Kier alpha value is -2.28. The van der Waals surface area contributed by atoms with Gasteiger partial charge < -0.3 is 21.3 Å². The smallest absolute Gasteiger partial charge is 0.251 e. The van der Waals surface area contributed by atoms with Gasteiger partial charge in [0.25, 0.3) is 11.8 Å². The predicted molar refractivity (Wildman–Crippen MR) is 119 cm³/mol. The average Bonchev–Trinajstić information content (AvgIpc) is 2.61. The van der Waals surface area contributed by atoms with Gasteiger partial charge in [-0.25, -0.2) is 0 Å². The van der Waals surface area contributed by atoms with Crippen LogP contribution in [-0.4, -0.2) is 43.9 Å². The number of aryl methyl sites for hydroxylation is 1. The molecule has 0 aliphatic rings. The van der Waals surface area contributed by atoms with Crippen LogP contribution in [0.4, 0.5) is 5.69 Å².